The van der Waals surface area contributed by atoms with Gasteiger partial charge in [0, 0.05) is 29.3 Å². The molecule has 8 heteroatoms. The lowest BCUT2D eigenvalue weighted by Crippen LogP contribution is -2.12. The average molecular weight is 353 g/mol. The van der Waals surface area contributed by atoms with E-state index in [1.807, 2.05) is 0 Å². The second kappa shape index (κ2) is 6.67. The third kappa shape index (κ3) is 3.12. The van der Waals surface area contributed by atoms with E-state index in [2.05, 4.69) is 4.98 Å². The van der Waals surface area contributed by atoms with Crippen molar-refractivity contribution < 1.29 is 19.2 Å². The number of hydrogen-bond donors (Lipinski definition) is 1. The lowest BCUT2D eigenvalue weighted by Gasteiger charge is -2.12. The van der Waals surface area contributed by atoms with Crippen molar-refractivity contribution in [2.45, 2.75) is 6.92 Å². The molecule has 0 unspecified atom stereocenters. The Kier molecular flexibility index (Phi) is 4.40. The van der Waals surface area contributed by atoms with E-state index in [0.717, 1.165) is 0 Å². The fourth-order valence-electron chi connectivity index (χ4n) is 2.62. The highest BCUT2D eigenvalue weighted by Gasteiger charge is 2.15. The number of carbonyl (C=O) groups excluding carboxylic acids is 1. The summed E-state index contributed by atoms with van der Waals surface area (Å²) in [5.41, 5.74) is 6.66. The van der Waals surface area contributed by atoms with Crippen LogP contribution in [0.1, 0.15) is 15.9 Å². The smallest absolute Gasteiger partial charge is 0.272 e. The fraction of sp³-hybridized carbons (Fsp3) is 0.111. The quantitative estimate of drug-likeness (QED) is 0.555. The Bertz CT molecular complexity index is 1030. The number of nitrogens with zero attached hydrogens (tertiary/aromatic N) is 2. The maximum atomic E-state index is 11.7. The fourth-order valence-corrected chi connectivity index (χ4v) is 2.62. The summed E-state index contributed by atoms with van der Waals surface area (Å²) in [6, 6.07) is 9.25. The first-order valence-electron chi connectivity index (χ1n) is 7.60. The summed E-state index contributed by atoms with van der Waals surface area (Å²) >= 11 is 0. The van der Waals surface area contributed by atoms with E-state index in [1.165, 1.54) is 19.2 Å². The highest BCUT2D eigenvalue weighted by atomic mass is 16.6. The van der Waals surface area contributed by atoms with Gasteiger partial charge in [0.25, 0.3) is 11.6 Å². The Hall–Kier alpha value is -3.68. The van der Waals surface area contributed by atoms with Crippen molar-refractivity contribution in [2.75, 3.05) is 7.11 Å². The lowest BCUT2D eigenvalue weighted by atomic mass is 10.1. The molecule has 0 atom stereocenters. The SMILES string of the molecule is COc1cc2nccc(Oc3ccc([N+](=O)[O-])c(C)c3)c2cc1C(N)=O. The highest BCUT2D eigenvalue weighted by Crippen LogP contribution is 2.34. The van der Waals surface area contributed by atoms with Gasteiger partial charge in [-0.25, -0.2) is 0 Å². The Balaban J connectivity index is 2.08. The molecule has 26 heavy (non-hydrogen) atoms. The normalized spacial score (nSPS) is 10.5. The number of pyridine rings is 1. The number of hydrogen-bond acceptors (Lipinski definition) is 6. The van der Waals surface area contributed by atoms with Gasteiger partial charge in [0.2, 0.25) is 0 Å². The van der Waals surface area contributed by atoms with Crippen LogP contribution in [0, 0.1) is 17.0 Å². The molecule has 1 amide bonds. The van der Waals surface area contributed by atoms with Gasteiger partial charge < -0.3 is 15.2 Å². The van der Waals surface area contributed by atoms with Crippen LogP contribution in [0.4, 0.5) is 5.69 Å². The number of amides is 1. The van der Waals surface area contributed by atoms with Crippen molar-refractivity contribution in [2.24, 2.45) is 5.73 Å². The molecule has 0 saturated carbocycles. The number of nitro benzene ring substituents is 1. The van der Waals surface area contributed by atoms with E-state index in [-0.39, 0.29) is 11.3 Å². The van der Waals surface area contributed by atoms with Gasteiger partial charge in [-0.3, -0.25) is 19.9 Å². The van der Waals surface area contributed by atoms with E-state index >= 15 is 0 Å². The summed E-state index contributed by atoms with van der Waals surface area (Å²) < 4.78 is 11.0. The minimum Gasteiger partial charge on any atom is -0.496 e. The molecular weight excluding hydrogens is 338 g/mol. The van der Waals surface area contributed by atoms with E-state index in [0.29, 0.717) is 33.7 Å². The van der Waals surface area contributed by atoms with Crippen molar-refractivity contribution in [1.82, 2.24) is 4.98 Å². The molecule has 0 fully saturated rings. The molecule has 0 aliphatic rings. The van der Waals surface area contributed by atoms with Crippen LogP contribution < -0.4 is 15.2 Å². The van der Waals surface area contributed by atoms with Crippen LogP contribution in [0.3, 0.4) is 0 Å². The number of methoxy groups -OCH3 is 1. The van der Waals surface area contributed by atoms with Crippen LogP contribution in [-0.4, -0.2) is 22.9 Å². The van der Waals surface area contributed by atoms with Gasteiger partial charge in [-0.05, 0) is 31.2 Å². The molecule has 2 N–H and O–H groups in total. The third-order valence-corrected chi connectivity index (χ3v) is 3.88. The topological polar surface area (TPSA) is 118 Å². The number of aryl methyl sites for hydroxylation is 1. The number of nitro groups is 1. The van der Waals surface area contributed by atoms with Crippen molar-refractivity contribution in [3.63, 3.8) is 0 Å². The molecular formula is C18H15N3O5. The number of benzene rings is 2. The van der Waals surface area contributed by atoms with Gasteiger partial charge >= 0.3 is 0 Å². The lowest BCUT2D eigenvalue weighted by molar-refractivity contribution is -0.385. The summed E-state index contributed by atoms with van der Waals surface area (Å²) in [6.07, 6.45) is 1.55. The zero-order valence-corrected chi connectivity index (χ0v) is 14.1. The highest BCUT2D eigenvalue weighted by molar-refractivity contribution is 6.01. The summed E-state index contributed by atoms with van der Waals surface area (Å²) in [5, 5.41) is 11.5. The first-order chi connectivity index (χ1) is 12.4. The van der Waals surface area contributed by atoms with Crippen LogP contribution in [-0.2, 0) is 0 Å². The molecule has 0 radical (unpaired) electrons. The number of aromatic nitrogens is 1. The van der Waals surface area contributed by atoms with Crippen LogP contribution in [0.15, 0.2) is 42.6 Å². The number of ether oxygens (including phenoxy) is 2. The van der Waals surface area contributed by atoms with Gasteiger partial charge in [-0.1, -0.05) is 0 Å². The third-order valence-electron chi connectivity index (χ3n) is 3.88. The van der Waals surface area contributed by atoms with Crippen molar-refractivity contribution in [3.8, 4) is 17.2 Å². The predicted molar refractivity (Wildman–Crippen MR) is 94.7 cm³/mol. The number of fused-ring (bicyclic) bond motifs is 1. The minimum atomic E-state index is -0.635. The van der Waals surface area contributed by atoms with E-state index in [4.69, 9.17) is 15.2 Å². The molecule has 1 aromatic heterocycles. The van der Waals surface area contributed by atoms with E-state index in [1.54, 1.807) is 37.4 Å². The van der Waals surface area contributed by atoms with E-state index < -0.39 is 10.8 Å². The standard InChI is InChI=1S/C18H15N3O5/c1-10-7-11(3-4-15(10)21(23)24)26-16-5-6-20-14-9-17(25-2)13(18(19)22)8-12(14)16/h3-9H,1-2H3,(H2,19,22). The summed E-state index contributed by atoms with van der Waals surface area (Å²) in [7, 11) is 1.44. The molecule has 0 spiro atoms. The van der Waals surface area contributed by atoms with Crippen LogP contribution in [0.5, 0.6) is 17.2 Å². The van der Waals surface area contributed by atoms with Gasteiger partial charge in [-0.2, -0.15) is 0 Å². The molecule has 0 saturated heterocycles. The number of nitrogens with two attached hydrogens (primary N) is 1. The largest absolute Gasteiger partial charge is 0.496 e. The minimum absolute atomic E-state index is 0.0117. The van der Waals surface area contributed by atoms with Crippen LogP contribution in [0.25, 0.3) is 10.9 Å². The van der Waals surface area contributed by atoms with Crippen LogP contribution in [0.2, 0.25) is 0 Å². The summed E-state index contributed by atoms with van der Waals surface area (Å²) in [4.78, 5) is 26.4. The molecule has 3 aromatic rings. The maximum Gasteiger partial charge on any atom is 0.272 e. The number of primary amides is 1. The van der Waals surface area contributed by atoms with Crippen LogP contribution >= 0.6 is 0 Å². The summed E-state index contributed by atoms with van der Waals surface area (Å²) in [5.74, 6) is 0.552. The first-order valence-corrected chi connectivity index (χ1v) is 7.60. The monoisotopic (exact) mass is 353 g/mol. The molecule has 1 heterocycles. The molecule has 3 rings (SSSR count). The van der Waals surface area contributed by atoms with Gasteiger partial charge in [0.05, 0.1) is 23.1 Å². The molecule has 0 bridgehead atoms. The predicted octanol–water partition coefficient (Wildman–Crippen LogP) is 3.35. The number of rotatable bonds is 5. The van der Waals surface area contributed by atoms with Gasteiger partial charge in [0.1, 0.15) is 17.2 Å². The van der Waals surface area contributed by atoms with Crippen molar-refractivity contribution >= 4 is 22.5 Å². The molecule has 132 valence electrons. The zero-order chi connectivity index (χ0) is 18.8. The second-order valence-corrected chi connectivity index (χ2v) is 5.55. The van der Waals surface area contributed by atoms with Gasteiger partial charge in [-0.15, -0.1) is 0 Å². The Morgan fingerprint density at radius 2 is 1.96 bits per heavy atom. The van der Waals surface area contributed by atoms with Crippen molar-refractivity contribution in [1.29, 1.82) is 0 Å². The molecule has 0 aliphatic heterocycles. The Morgan fingerprint density at radius 1 is 1.19 bits per heavy atom. The van der Waals surface area contributed by atoms with Gasteiger partial charge in [0.15, 0.2) is 0 Å². The molecule has 0 aliphatic carbocycles. The van der Waals surface area contributed by atoms with E-state index in [9.17, 15) is 14.9 Å². The Labute approximate surface area is 148 Å². The van der Waals surface area contributed by atoms with Crippen molar-refractivity contribution in [3.05, 3.63) is 63.8 Å². The average Bonchev–Trinajstić information content (AvgIpc) is 2.60. The summed E-state index contributed by atoms with van der Waals surface area (Å²) in [6.45, 7) is 1.63. The molecule has 8 nitrogen and oxygen atoms in total. The maximum absolute atomic E-state index is 11.7. The zero-order valence-electron chi connectivity index (χ0n) is 14.1. The number of carbonyl (C=O) groups is 1. The second-order valence-electron chi connectivity index (χ2n) is 5.55. The molecule has 2 aromatic carbocycles. The first kappa shape index (κ1) is 17.2. The Morgan fingerprint density at radius 3 is 2.58 bits per heavy atom.